The molecule has 0 radical (unpaired) electrons. The number of pyridine rings is 1. The van der Waals surface area contributed by atoms with E-state index >= 15 is 0 Å². The minimum atomic E-state index is -0.198. The monoisotopic (exact) mass is 501 g/mol. The number of aryl methyl sites for hydroxylation is 1. The Kier molecular flexibility index (Phi) is 7.13. The summed E-state index contributed by atoms with van der Waals surface area (Å²) in [6, 6.07) is 19.6. The van der Waals surface area contributed by atoms with Crippen LogP contribution in [0.2, 0.25) is 0 Å². The van der Waals surface area contributed by atoms with Crippen LogP contribution in [0.3, 0.4) is 0 Å². The van der Waals surface area contributed by atoms with E-state index in [0.717, 1.165) is 36.1 Å². The van der Waals surface area contributed by atoms with Gasteiger partial charge in [0.25, 0.3) is 11.1 Å². The Balaban J connectivity index is 1.22. The number of fused-ring (bicyclic) bond motifs is 1. The maximum atomic E-state index is 12.9. The van der Waals surface area contributed by atoms with E-state index in [-0.39, 0.29) is 18.1 Å². The Morgan fingerprint density at radius 1 is 1.14 bits per heavy atom. The minimum Gasteiger partial charge on any atom is -0.485 e. The van der Waals surface area contributed by atoms with E-state index in [1.165, 1.54) is 16.9 Å². The second-order valence-electron chi connectivity index (χ2n) is 8.49. The zero-order valence-corrected chi connectivity index (χ0v) is 21.0. The number of nitrogens with one attached hydrogen (secondary N) is 1. The average molecular weight is 502 g/mol. The molecule has 0 saturated heterocycles. The molecule has 0 aliphatic carbocycles. The van der Waals surface area contributed by atoms with Gasteiger partial charge in [0.05, 0.1) is 19.3 Å². The largest absolute Gasteiger partial charge is 0.485 e. The van der Waals surface area contributed by atoms with Gasteiger partial charge in [-0.1, -0.05) is 54.7 Å². The molecule has 0 saturated carbocycles. The summed E-state index contributed by atoms with van der Waals surface area (Å²) in [6.07, 6.45) is 5.85. The van der Waals surface area contributed by atoms with Gasteiger partial charge in [0.15, 0.2) is 0 Å². The van der Waals surface area contributed by atoms with Crippen LogP contribution in [0.15, 0.2) is 73.1 Å². The van der Waals surface area contributed by atoms with Crippen molar-refractivity contribution in [3.63, 3.8) is 0 Å². The van der Waals surface area contributed by atoms with Gasteiger partial charge in [0.2, 0.25) is 5.88 Å². The van der Waals surface area contributed by atoms with E-state index in [0.29, 0.717) is 21.7 Å². The van der Waals surface area contributed by atoms with Crippen LogP contribution in [-0.2, 0) is 6.42 Å². The molecule has 7 nitrogen and oxygen atoms in total. The van der Waals surface area contributed by atoms with E-state index in [1.807, 2.05) is 49.4 Å². The highest BCUT2D eigenvalue weighted by Gasteiger charge is 2.22. The molecule has 1 aliphatic rings. The van der Waals surface area contributed by atoms with Crippen molar-refractivity contribution in [1.82, 2.24) is 15.3 Å². The molecule has 4 aromatic rings. The quantitative estimate of drug-likeness (QED) is 0.306. The highest BCUT2D eigenvalue weighted by atomic mass is 32.1. The van der Waals surface area contributed by atoms with Gasteiger partial charge < -0.3 is 19.5 Å². The first kappa shape index (κ1) is 23.8. The third-order valence-electron chi connectivity index (χ3n) is 6.15. The van der Waals surface area contributed by atoms with Crippen LogP contribution in [0.4, 0.5) is 0 Å². The molecule has 2 aromatic carbocycles. The summed E-state index contributed by atoms with van der Waals surface area (Å²) in [5, 5.41) is 3.47. The van der Waals surface area contributed by atoms with Crippen molar-refractivity contribution >= 4 is 17.2 Å². The highest BCUT2D eigenvalue weighted by molar-refractivity contribution is 7.15. The maximum Gasteiger partial charge on any atom is 0.279 e. The lowest BCUT2D eigenvalue weighted by Crippen LogP contribution is -2.27. The van der Waals surface area contributed by atoms with Crippen molar-refractivity contribution < 1.29 is 19.0 Å². The molecule has 0 bridgehead atoms. The lowest BCUT2D eigenvalue weighted by atomic mass is 9.97. The van der Waals surface area contributed by atoms with Crippen LogP contribution >= 0.6 is 11.3 Å². The van der Waals surface area contributed by atoms with Crippen molar-refractivity contribution in [2.24, 2.45) is 0 Å². The number of nitrogens with zero attached hydrogens (tertiary/aromatic N) is 2. The molecular weight excluding hydrogens is 474 g/mol. The smallest absolute Gasteiger partial charge is 0.279 e. The molecule has 1 N–H and O–H groups in total. The molecule has 5 rings (SSSR count). The van der Waals surface area contributed by atoms with Gasteiger partial charge in [-0.05, 0) is 54.2 Å². The first-order valence-electron chi connectivity index (χ1n) is 11.9. The van der Waals surface area contributed by atoms with Gasteiger partial charge in [-0.25, -0.2) is 9.97 Å². The van der Waals surface area contributed by atoms with Gasteiger partial charge in [-0.15, -0.1) is 0 Å². The Morgan fingerprint density at radius 2 is 2.00 bits per heavy atom. The molecular formula is C28H27N3O4S. The lowest BCUT2D eigenvalue weighted by molar-refractivity contribution is 0.0939. The third-order valence-corrected chi connectivity index (χ3v) is 7.02. The number of aromatic nitrogens is 2. The van der Waals surface area contributed by atoms with Crippen LogP contribution in [0.1, 0.15) is 58.3 Å². The van der Waals surface area contributed by atoms with Crippen LogP contribution < -0.4 is 19.5 Å². The number of benzene rings is 2. The van der Waals surface area contributed by atoms with Crippen molar-refractivity contribution in [3.8, 4) is 22.6 Å². The number of methoxy groups -OCH3 is 1. The van der Waals surface area contributed by atoms with Crippen molar-refractivity contribution in [1.29, 1.82) is 0 Å². The number of carbonyl (C=O) groups excluding carboxylic acids is 1. The predicted octanol–water partition coefficient (Wildman–Crippen LogP) is 6.29. The van der Waals surface area contributed by atoms with Gasteiger partial charge in [0, 0.05) is 12.3 Å². The zero-order valence-electron chi connectivity index (χ0n) is 20.1. The molecule has 184 valence electrons. The number of rotatable bonds is 8. The van der Waals surface area contributed by atoms with Crippen LogP contribution in [0, 0.1) is 0 Å². The van der Waals surface area contributed by atoms with Crippen molar-refractivity contribution in [2.45, 2.75) is 38.3 Å². The van der Waals surface area contributed by atoms with E-state index in [9.17, 15) is 4.79 Å². The number of thiazole rings is 1. The number of amides is 1. The van der Waals surface area contributed by atoms with Gasteiger partial charge in [-0.2, -0.15) is 0 Å². The lowest BCUT2D eigenvalue weighted by Gasteiger charge is -2.26. The standard InChI is InChI=1S/C28H27N3O4S/c1-3-22(20-10-14-26(33-2)29-16-20)31-27(32)25-17-30-28(36-25)34-21-11-13-24-19(15-21)9-12-23(35-24)18-7-5-4-6-8-18/h4-8,10-11,13-17,22-23H,3,9,12H2,1-2H3,(H,31,32)/t22-,23?/m1/s1. The molecule has 1 amide bonds. The molecule has 36 heavy (non-hydrogen) atoms. The predicted molar refractivity (Wildman–Crippen MR) is 138 cm³/mol. The Hall–Kier alpha value is -3.91. The summed E-state index contributed by atoms with van der Waals surface area (Å²) >= 11 is 1.21. The van der Waals surface area contributed by atoms with Crippen molar-refractivity contribution in [2.75, 3.05) is 7.11 Å². The normalized spacial score (nSPS) is 15.3. The van der Waals surface area contributed by atoms with E-state index in [1.54, 1.807) is 25.6 Å². The SMILES string of the molecule is CC[C@@H](NC(=O)c1cnc(Oc2ccc3c(c2)CCC(c2ccccc2)O3)s1)c1ccc(OC)nc1. The maximum absolute atomic E-state index is 12.9. The molecule has 2 aromatic heterocycles. The van der Waals surface area contributed by atoms with Gasteiger partial charge >= 0.3 is 0 Å². The molecule has 3 heterocycles. The van der Waals surface area contributed by atoms with Crippen molar-refractivity contribution in [3.05, 3.63) is 94.6 Å². The second kappa shape index (κ2) is 10.8. The number of ether oxygens (including phenoxy) is 3. The molecule has 1 unspecified atom stereocenters. The van der Waals surface area contributed by atoms with E-state index in [4.69, 9.17) is 14.2 Å². The van der Waals surface area contributed by atoms with Crippen LogP contribution in [0.25, 0.3) is 0 Å². The molecule has 0 spiro atoms. The number of hydrogen-bond acceptors (Lipinski definition) is 7. The summed E-state index contributed by atoms with van der Waals surface area (Å²) in [5.41, 5.74) is 3.21. The van der Waals surface area contributed by atoms with Gasteiger partial charge in [0.1, 0.15) is 22.5 Å². The van der Waals surface area contributed by atoms with E-state index in [2.05, 4.69) is 27.4 Å². The molecule has 0 fully saturated rings. The first-order chi connectivity index (χ1) is 17.6. The summed E-state index contributed by atoms with van der Waals surface area (Å²) in [4.78, 5) is 21.9. The fourth-order valence-electron chi connectivity index (χ4n) is 4.21. The minimum absolute atomic E-state index is 0.0612. The highest BCUT2D eigenvalue weighted by Crippen LogP contribution is 2.38. The summed E-state index contributed by atoms with van der Waals surface area (Å²) < 4.78 is 17.3. The second-order valence-corrected chi connectivity index (χ2v) is 9.48. The first-order valence-corrected chi connectivity index (χ1v) is 12.7. The van der Waals surface area contributed by atoms with E-state index < -0.39 is 0 Å². The average Bonchev–Trinajstić information content (AvgIpc) is 3.40. The molecule has 2 atom stereocenters. The third kappa shape index (κ3) is 5.33. The number of carbonyl (C=O) groups is 1. The Bertz CT molecular complexity index is 1320. The summed E-state index contributed by atoms with van der Waals surface area (Å²) in [5.74, 6) is 1.89. The van der Waals surface area contributed by atoms with Crippen LogP contribution in [0.5, 0.6) is 22.6 Å². The van der Waals surface area contributed by atoms with Gasteiger partial charge in [-0.3, -0.25) is 4.79 Å². The fourth-order valence-corrected chi connectivity index (χ4v) is 4.90. The fraction of sp³-hybridized carbons (Fsp3) is 0.250. The molecule has 8 heteroatoms. The Labute approximate surface area is 214 Å². The topological polar surface area (TPSA) is 82.6 Å². The Morgan fingerprint density at radius 3 is 2.75 bits per heavy atom. The zero-order chi connectivity index (χ0) is 24.9. The summed E-state index contributed by atoms with van der Waals surface area (Å²) in [7, 11) is 1.57. The van der Waals surface area contributed by atoms with Crippen LogP contribution in [-0.4, -0.2) is 23.0 Å². The number of hydrogen-bond donors (Lipinski definition) is 1. The molecule has 1 aliphatic heterocycles. The summed E-state index contributed by atoms with van der Waals surface area (Å²) in [6.45, 7) is 2.01.